The lowest BCUT2D eigenvalue weighted by atomic mass is 10.0. The van der Waals surface area contributed by atoms with Gasteiger partial charge >= 0.3 is 5.97 Å². The number of nitrogens with two attached hydrogens (primary N) is 1. The number of carbonyl (C=O) groups excluding carboxylic acids is 1. The van der Waals surface area contributed by atoms with E-state index < -0.39 is 21.5 Å². The standard InChI is InChI=1S/C12H18N2O5S.ClH/c1-18-11(15)9-4-5-10(19-9)20(16,17)14-12(8-13)6-2-3-7-12;/h4-5,14H,2-3,6-8,13H2,1H3;1H. The summed E-state index contributed by atoms with van der Waals surface area (Å²) in [6, 6.07) is 2.50. The van der Waals surface area contributed by atoms with Crippen molar-refractivity contribution in [3.05, 3.63) is 17.9 Å². The summed E-state index contributed by atoms with van der Waals surface area (Å²) in [5.74, 6) is -0.873. The van der Waals surface area contributed by atoms with Gasteiger partial charge in [0.25, 0.3) is 10.0 Å². The summed E-state index contributed by atoms with van der Waals surface area (Å²) < 4.78 is 36.6. The first-order valence-electron chi connectivity index (χ1n) is 6.35. The molecule has 0 unspecified atom stereocenters. The maximum absolute atomic E-state index is 12.3. The minimum atomic E-state index is -3.84. The third-order valence-electron chi connectivity index (χ3n) is 3.54. The molecular formula is C12H19ClN2O5S. The van der Waals surface area contributed by atoms with Crippen LogP contribution in [0.2, 0.25) is 0 Å². The second-order valence-electron chi connectivity index (χ2n) is 4.91. The van der Waals surface area contributed by atoms with Gasteiger partial charge in [0.2, 0.25) is 10.9 Å². The van der Waals surface area contributed by atoms with Crippen molar-refractivity contribution in [1.82, 2.24) is 4.72 Å². The number of methoxy groups -OCH3 is 1. The van der Waals surface area contributed by atoms with E-state index >= 15 is 0 Å². The lowest BCUT2D eigenvalue weighted by Gasteiger charge is -2.27. The predicted octanol–water partition coefficient (Wildman–Crippen LogP) is 1.04. The zero-order chi connectivity index (χ0) is 14.8. The Bertz CT molecular complexity index is 593. The summed E-state index contributed by atoms with van der Waals surface area (Å²) in [6.45, 7) is 0.233. The number of halogens is 1. The van der Waals surface area contributed by atoms with Crippen LogP contribution in [0.15, 0.2) is 21.6 Å². The molecule has 1 fully saturated rings. The Morgan fingerprint density at radius 1 is 1.43 bits per heavy atom. The molecule has 1 saturated carbocycles. The number of hydrogen-bond acceptors (Lipinski definition) is 6. The van der Waals surface area contributed by atoms with Crippen LogP contribution in [-0.4, -0.2) is 33.6 Å². The van der Waals surface area contributed by atoms with Crippen LogP contribution >= 0.6 is 12.4 Å². The van der Waals surface area contributed by atoms with Gasteiger partial charge in [0.15, 0.2) is 0 Å². The van der Waals surface area contributed by atoms with Crippen molar-refractivity contribution in [1.29, 1.82) is 0 Å². The molecule has 0 spiro atoms. The van der Waals surface area contributed by atoms with Crippen molar-refractivity contribution in [2.75, 3.05) is 13.7 Å². The molecular weight excluding hydrogens is 320 g/mol. The molecule has 2 rings (SSSR count). The van der Waals surface area contributed by atoms with E-state index in [2.05, 4.69) is 9.46 Å². The second-order valence-corrected chi connectivity index (χ2v) is 6.52. The Hall–Kier alpha value is -1.09. The molecule has 1 aliphatic carbocycles. The fraction of sp³-hybridized carbons (Fsp3) is 0.583. The van der Waals surface area contributed by atoms with Gasteiger partial charge in [-0.1, -0.05) is 12.8 Å². The van der Waals surface area contributed by atoms with Gasteiger partial charge in [0.1, 0.15) is 0 Å². The lowest BCUT2D eigenvalue weighted by molar-refractivity contribution is 0.0559. The van der Waals surface area contributed by atoms with Crippen molar-refractivity contribution in [2.24, 2.45) is 5.73 Å². The van der Waals surface area contributed by atoms with Crippen molar-refractivity contribution in [3.63, 3.8) is 0 Å². The van der Waals surface area contributed by atoms with Crippen molar-refractivity contribution in [2.45, 2.75) is 36.3 Å². The van der Waals surface area contributed by atoms with Crippen molar-refractivity contribution >= 4 is 28.4 Å². The van der Waals surface area contributed by atoms with Crippen LogP contribution in [-0.2, 0) is 14.8 Å². The monoisotopic (exact) mass is 338 g/mol. The molecule has 0 bridgehead atoms. The maximum atomic E-state index is 12.3. The molecule has 1 aromatic heterocycles. The van der Waals surface area contributed by atoms with E-state index in [4.69, 9.17) is 10.2 Å². The zero-order valence-electron chi connectivity index (χ0n) is 11.6. The number of hydrogen-bond donors (Lipinski definition) is 2. The molecule has 0 atom stereocenters. The molecule has 7 nitrogen and oxygen atoms in total. The third-order valence-corrected chi connectivity index (χ3v) is 4.99. The van der Waals surface area contributed by atoms with E-state index in [1.165, 1.54) is 19.2 Å². The zero-order valence-corrected chi connectivity index (χ0v) is 13.3. The van der Waals surface area contributed by atoms with E-state index in [0.29, 0.717) is 12.8 Å². The number of carbonyl (C=O) groups is 1. The highest BCUT2D eigenvalue weighted by atomic mass is 35.5. The van der Waals surface area contributed by atoms with Crippen LogP contribution in [0.1, 0.15) is 36.2 Å². The fourth-order valence-corrected chi connectivity index (χ4v) is 3.81. The molecule has 0 amide bonds. The third kappa shape index (κ3) is 3.76. The molecule has 0 aromatic carbocycles. The first kappa shape index (κ1) is 18.0. The number of nitrogens with one attached hydrogen (secondary N) is 1. The van der Waals surface area contributed by atoms with Crippen LogP contribution < -0.4 is 10.5 Å². The average Bonchev–Trinajstić information content (AvgIpc) is 3.07. The van der Waals surface area contributed by atoms with E-state index in [9.17, 15) is 13.2 Å². The van der Waals surface area contributed by atoms with Crippen LogP contribution in [0.25, 0.3) is 0 Å². The topological polar surface area (TPSA) is 112 Å². The quantitative estimate of drug-likeness (QED) is 0.776. The average molecular weight is 339 g/mol. The highest BCUT2D eigenvalue weighted by Crippen LogP contribution is 2.30. The molecule has 120 valence electrons. The molecule has 9 heteroatoms. The largest absolute Gasteiger partial charge is 0.463 e. The van der Waals surface area contributed by atoms with Gasteiger partial charge in [0.05, 0.1) is 7.11 Å². The Balaban J connectivity index is 0.00000220. The van der Waals surface area contributed by atoms with E-state index in [0.717, 1.165) is 12.8 Å². The van der Waals surface area contributed by atoms with Gasteiger partial charge in [0, 0.05) is 12.1 Å². The SMILES string of the molecule is COC(=O)c1ccc(S(=O)(=O)NC2(CN)CCCC2)o1.Cl. The van der Waals surface area contributed by atoms with Crippen molar-refractivity contribution in [3.8, 4) is 0 Å². The van der Waals surface area contributed by atoms with Gasteiger partial charge in [-0.15, -0.1) is 12.4 Å². The van der Waals surface area contributed by atoms with Gasteiger partial charge in [-0.25, -0.2) is 17.9 Å². The van der Waals surface area contributed by atoms with E-state index in [1.807, 2.05) is 0 Å². The Morgan fingerprint density at radius 3 is 2.57 bits per heavy atom. The number of rotatable bonds is 5. The Labute approximate surface area is 129 Å². The number of esters is 1. The summed E-state index contributed by atoms with van der Waals surface area (Å²) in [4.78, 5) is 11.3. The van der Waals surface area contributed by atoms with E-state index in [-0.39, 0.29) is 29.8 Å². The maximum Gasteiger partial charge on any atom is 0.374 e. The smallest absolute Gasteiger partial charge is 0.374 e. The number of sulfonamides is 1. The first-order valence-corrected chi connectivity index (χ1v) is 7.83. The lowest BCUT2D eigenvalue weighted by Crippen LogP contribution is -2.51. The van der Waals surface area contributed by atoms with Gasteiger partial charge in [-0.2, -0.15) is 0 Å². The molecule has 0 saturated heterocycles. The summed E-state index contributed by atoms with van der Waals surface area (Å²) in [6.07, 6.45) is 3.27. The molecule has 21 heavy (non-hydrogen) atoms. The van der Waals surface area contributed by atoms with Crippen LogP contribution in [0, 0.1) is 0 Å². The summed E-state index contributed by atoms with van der Waals surface area (Å²) in [7, 11) is -2.65. The number of ether oxygens (including phenoxy) is 1. The molecule has 3 N–H and O–H groups in total. The number of furan rings is 1. The van der Waals surface area contributed by atoms with Crippen molar-refractivity contribution < 1.29 is 22.4 Å². The highest BCUT2D eigenvalue weighted by Gasteiger charge is 2.38. The minimum Gasteiger partial charge on any atom is -0.463 e. The molecule has 0 radical (unpaired) electrons. The van der Waals surface area contributed by atoms with Crippen LogP contribution in [0.3, 0.4) is 0 Å². The van der Waals surface area contributed by atoms with E-state index in [1.54, 1.807) is 0 Å². The first-order chi connectivity index (χ1) is 9.42. The predicted molar refractivity (Wildman–Crippen MR) is 77.9 cm³/mol. The van der Waals surface area contributed by atoms with Gasteiger partial charge < -0.3 is 14.9 Å². The normalized spacial score (nSPS) is 17.2. The Morgan fingerprint density at radius 2 is 2.05 bits per heavy atom. The highest BCUT2D eigenvalue weighted by molar-refractivity contribution is 7.89. The minimum absolute atomic E-state index is 0. The second kappa shape index (κ2) is 6.78. The molecule has 1 aromatic rings. The molecule has 1 heterocycles. The van der Waals surface area contributed by atoms with Gasteiger partial charge in [-0.05, 0) is 25.0 Å². The molecule has 1 aliphatic rings. The Kier molecular flexibility index (Phi) is 5.80. The summed E-state index contributed by atoms with van der Waals surface area (Å²) in [5.41, 5.74) is 5.08. The summed E-state index contributed by atoms with van der Waals surface area (Å²) in [5, 5.41) is -0.308. The van der Waals surface area contributed by atoms with Crippen LogP contribution in [0.5, 0.6) is 0 Å². The summed E-state index contributed by atoms with van der Waals surface area (Å²) >= 11 is 0. The van der Waals surface area contributed by atoms with Gasteiger partial charge in [-0.3, -0.25) is 0 Å². The molecule has 0 aliphatic heterocycles. The fourth-order valence-electron chi connectivity index (χ4n) is 2.41. The van der Waals surface area contributed by atoms with Crippen LogP contribution in [0.4, 0.5) is 0 Å².